The summed E-state index contributed by atoms with van der Waals surface area (Å²) < 4.78 is 38.9. The first-order valence-corrected chi connectivity index (χ1v) is 9.18. The molecule has 0 saturated heterocycles. The summed E-state index contributed by atoms with van der Waals surface area (Å²) in [6, 6.07) is 9.83. The number of carboxylic acid groups (broad SMARTS) is 1. The van der Waals surface area contributed by atoms with Gasteiger partial charge in [-0.2, -0.15) is 23.3 Å². The minimum Gasteiger partial charge on any atom is -0.475 e. The smallest absolute Gasteiger partial charge is 0.475 e. The summed E-state index contributed by atoms with van der Waals surface area (Å²) in [5, 5.41) is 15.8. The van der Waals surface area contributed by atoms with Crippen molar-refractivity contribution in [2.45, 2.75) is 32.5 Å². The van der Waals surface area contributed by atoms with E-state index in [0.29, 0.717) is 23.2 Å². The number of aliphatic carboxylic acids is 1. The molecule has 2 aromatic heterocycles. The average molecular weight is 440 g/mol. The van der Waals surface area contributed by atoms with Crippen LogP contribution < -0.4 is 5.73 Å². The van der Waals surface area contributed by atoms with Gasteiger partial charge in [-0.25, -0.2) is 9.48 Å². The van der Waals surface area contributed by atoms with Crippen LogP contribution in [0.2, 0.25) is 0 Å². The summed E-state index contributed by atoms with van der Waals surface area (Å²) >= 11 is 0. The fourth-order valence-corrected chi connectivity index (χ4v) is 2.71. The van der Waals surface area contributed by atoms with Gasteiger partial charge >= 0.3 is 12.1 Å². The van der Waals surface area contributed by atoms with E-state index in [-0.39, 0.29) is 6.04 Å². The van der Waals surface area contributed by atoms with E-state index in [9.17, 15) is 13.2 Å². The van der Waals surface area contributed by atoms with Crippen LogP contribution in [0.5, 0.6) is 0 Å². The number of alkyl halides is 3. The summed E-state index contributed by atoms with van der Waals surface area (Å²) in [5.41, 5.74) is 8.59. The van der Waals surface area contributed by atoms with E-state index in [1.54, 1.807) is 4.68 Å². The molecule has 3 aromatic rings. The van der Waals surface area contributed by atoms with Gasteiger partial charge in [-0.15, -0.1) is 0 Å². The molecule has 0 bridgehead atoms. The molecule has 2 heterocycles. The quantitative estimate of drug-likeness (QED) is 0.618. The number of para-hydroxylation sites is 1. The molecule has 0 saturated carbocycles. The summed E-state index contributed by atoms with van der Waals surface area (Å²) in [6.07, 6.45) is -4.20. The number of anilines is 1. The van der Waals surface area contributed by atoms with Gasteiger partial charge in [0.1, 0.15) is 11.5 Å². The van der Waals surface area contributed by atoms with Gasteiger partial charge in [-0.1, -0.05) is 30.3 Å². The molecule has 0 unspecified atom stereocenters. The van der Waals surface area contributed by atoms with Gasteiger partial charge in [0.25, 0.3) is 0 Å². The first-order chi connectivity index (χ1) is 14.5. The van der Waals surface area contributed by atoms with Crippen molar-refractivity contribution >= 4 is 11.8 Å². The second-order valence-corrected chi connectivity index (χ2v) is 6.75. The molecule has 1 atom stereocenters. The van der Waals surface area contributed by atoms with E-state index >= 15 is 0 Å². The standard InChI is InChI=1S/C17H22N6O.C2HF3O2/c1-5-13(22(3)4)17-19-16(21-24-17)14-11(2)15(18)23(20-14)12-9-7-6-8-10-12;3-2(4,5)1(6)7/h6-10,13H,5,18H2,1-4H3;(H,6,7)/t13-;/m0./s1. The molecule has 0 fully saturated rings. The van der Waals surface area contributed by atoms with Crippen molar-refractivity contribution in [3.63, 3.8) is 0 Å². The molecule has 12 heteroatoms. The van der Waals surface area contributed by atoms with Crippen molar-refractivity contribution in [2.75, 3.05) is 19.8 Å². The number of nitrogens with zero attached hydrogens (tertiary/aromatic N) is 5. The molecule has 1 aromatic carbocycles. The number of halogens is 3. The van der Waals surface area contributed by atoms with Crippen LogP contribution >= 0.6 is 0 Å². The van der Waals surface area contributed by atoms with E-state index in [1.807, 2.05) is 51.4 Å². The maximum Gasteiger partial charge on any atom is 0.490 e. The molecule has 0 amide bonds. The average Bonchev–Trinajstić information content (AvgIpc) is 3.28. The van der Waals surface area contributed by atoms with Gasteiger partial charge in [0.2, 0.25) is 11.7 Å². The number of rotatable bonds is 5. The number of nitrogens with two attached hydrogens (primary N) is 1. The number of benzene rings is 1. The Hall–Kier alpha value is -3.41. The Labute approximate surface area is 176 Å². The van der Waals surface area contributed by atoms with Crippen LogP contribution in [0.3, 0.4) is 0 Å². The highest BCUT2D eigenvalue weighted by molar-refractivity contribution is 5.73. The van der Waals surface area contributed by atoms with Crippen molar-refractivity contribution in [1.82, 2.24) is 24.8 Å². The second kappa shape index (κ2) is 9.60. The lowest BCUT2D eigenvalue weighted by atomic mass is 10.2. The molecule has 3 rings (SSSR count). The van der Waals surface area contributed by atoms with E-state index in [2.05, 4.69) is 27.1 Å². The third kappa shape index (κ3) is 5.60. The normalized spacial score (nSPS) is 12.4. The van der Waals surface area contributed by atoms with Gasteiger partial charge in [0.15, 0.2) is 0 Å². The molecule has 168 valence electrons. The predicted octanol–water partition coefficient (Wildman–Crippen LogP) is 3.46. The Kier molecular flexibility index (Phi) is 7.39. The minimum absolute atomic E-state index is 0.0834. The van der Waals surface area contributed by atoms with Crippen molar-refractivity contribution in [1.29, 1.82) is 0 Å². The van der Waals surface area contributed by atoms with Crippen molar-refractivity contribution in [3.8, 4) is 17.2 Å². The zero-order valence-corrected chi connectivity index (χ0v) is 17.4. The van der Waals surface area contributed by atoms with Gasteiger partial charge in [0, 0.05) is 5.56 Å². The number of carboxylic acids is 1. The van der Waals surface area contributed by atoms with E-state index in [4.69, 9.17) is 20.2 Å². The van der Waals surface area contributed by atoms with Crippen molar-refractivity contribution < 1.29 is 27.6 Å². The fourth-order valence-electron chi connectivity index (χ4n) is 2.71. The fraction of sp³-hybridized carbons (Fsp3) is 0.368. The highest BCUT2D eigenvalue weighted by Gasteiger charge is 2.38. The molecule has 3 N–H and O–H groups in total. The van der Waals surface area contributed by atoms with Gasteiger partial charge in [0.05, 0.1) is 11.7 Å². The van der Waals surface area contributed by atoms with Crippen LogP contribution in [0, 0.1) is 6.92 Å². The summed E-state index contributed by atoms with van der Waals surface area (Å²) in [5.74, 6) is -1.14. The lowest BCUT2D eigenvalue weighted by Crippen LogP contribution is -2.21. The Morgan fingerprint density at radius 3 is 2.35 bits per heavy atom. The minimum atomic E-state index is -5.08. The lowest BCUT2D eigenvalue weighted by Gasteiger charge is -2.17. The lowest BCUT2D eigenvalue weighted by molar-refractivity contribution is -0.192. The summed E-state index contributed by atoms with van der Waals surface area (Å²) in [4.78, 5) is 15.5. The van der Waals surface area contributed by atoms with Crippen molar-refractivity contribution in [3.05, 3.63) is 41.8 Å². The number of hydrogen-bond donors (Lipinski definition) is 2. The van der Waals surface area contributed by atoms with E-state index in [1.165, 1.54) is 0 Å². The molecule has 0 aliphatic carbocycles. The predicted molar refractivity (Wildman–Crippen MR) is 106 cm³/mol. The Morgan fingerprint density at radius 2 is 1.87 bits per heavy atom. The SMILES string of the molecule is CC[C@@H](c1nc(-c2nn(-c3ccccc3)c(N)c2C)no1)N(C)C.O=C(O)C(F)(F)F. The third-order valence-corrected chi connectivity index (χ3v) is 4.36. The maximum atomic E-state index is 10.6. The molecule has 0 aliphatic rings. The van der Waals surface area contributed by atoms with Crippen LogP contribution in [0.4, 0.5) is 19.0 Å². The Bertz CT molecular complexity index is 1010. The van der Waals surface area contributed by atoms with E-state index < -0.39 is 12.1 Å². The highest BCUT2D eigenvalue weighted by atomic mass is 19.4. The summed E-state index contributed by atoms with van der Waals surface area (Å²) in [7, 11) is 3.98. The Morgan fingerprint density at radius 1 is 1.29 bits per heavy atom. The third-order valence-electron chi connectivity index (χ3n) is 4.36. The zero-order chi connectivity index (χ0) is 23.3. The van der Waals surface area contributed by atoms with Crippen LogP contribution in [0.25, 0.3) is 17.2 Å². The largest absolute Gasteiger partial charge is 0.490 e. The molecule has 0 spiro atoms. The Balaban J connectivity index is 0.000000423. The highest BCUT2D eigenvalue weighted by Crippen LogP contribution is 2.28. The first kappa shape index (κ1) is 23.9. The van der Waals surface area contributed by atoms with Gasteiger partial charge in [-0.05, 0) is 39.6 Å². The van der Waals surface area contributed by atoms with Gasteiger partial charge in [-0.3, -0.25) is 4.90 Å². The molecule has 31 heavy (non-hydrogen) atoms. The molecule has 0 radical (unpaired) electrons. The first-order valence-electron chi connectivity index (χ1n) is 9.18. The topological polar surface area (TPSA) is 123 Å². The summed E-state index contributed by atoms with van der Waals surface area (Å²) in [6.45, 7) is 4.00. The zero-order valence-electron chi connectivity index (χ0n) is 17.4. The van der Waals surface area contributed by atoms with Crippen molar-refractivity contribution in [2.24, 2.45) is 0 Å². The monoisotopic (exact) mass is 440 g/mol. The molecule has 0 aliphatic heterocycles. The maximum absolute atomic E-state index is 10.6. The number of carbonyl (C=O) groups is 1. The molecular weight excluding hydrogens is 417 g/mol. The molecular formula is C19H23F3N6O3. The van der Waals surface area contributed by atoms with Crippen LogP contribution in [0.1, 0.15) is 30.8 Å². The number of aromatic nitrogens is 4. The van der Waals surface area contributed by atoms with Crippen LogP contribution in [0.15, 0.2) is 34.9 Å². The van der Waals surface area contributed by atoms with Gasteiger partial charge < -0.3 is 15.4 Å². The second-order valence-electron chi connectivity index (χ2n) is 6.75. The number of hydrogen-bond acceptors (Lipinski definition) is 7. The molecule has 9 nitrogen and oxygen atoms in total. The number of nitrogen functional groups attached to an aromatic ring is 1. The van der Waals surface area contributed by atoms with E-state index in [0.717, 1.165) is 17.7 Å². The van der Waals surface area contributed by atoms with Crippen LogP contribution in [-0.2, 0) is 4.79 Å². The van der Waals surface area contributed by atoms with Crippen LogP contribution in [-0.4, -0.2) is 56.2 Å².